The highest BCUT2D eigenvalue weighted by Gasteiger charge is 2.35. The zero-order valence-electron chi connectivity index (χ0n) is 36.5. The van der Waals surface area contributed by atoms with Crippen LogP contribution in [0.15, 0.2) is 115 Å². The molecule has 0 fully saturated rings. The van der Waals surface area contributed by atoms with Gasteiger partial charge in [-0.05, 0) is 150 Å². The molecule has 0 bridgehead atoms. The van der Waals surface area contributed by atoms with E-state index in [4.69, 9.17) is 14.2 Å². The zero-order chi connectivity index (χ0) is 44.9. The summed E-state index contributed by atoms with van der Waals surface area (Å²) in [5, 5.41) is 3.03. The predicted molar refractivity (Wildman–Crippen MR) is 239 cm³/mol. The second kappa shape index (κ2) is 19.5. The van der Waals surface area contributed by atoms with Crippen molar-refractivity contribution in [3.05, 3.63) is 183 Å². The molecule has 0 radical (unpaired) electrons. The first-order valence-electron chi connectivity index (χ1n) is 21.8. The zero-order valence-corrected chi connectivity index (χ0v) is 36.5. The maximum Gasteiger partial charge on any atom is 0.328 e. The van der Waals surface area contributed by atoms with Crippen molar-refractivity contribution in [3.8, 4) is 22.6 Å². The number of aryl methyl sites for hydroxylation is 1. The van der Waals surface area contributed by atoms with Gasteiger partial charge in [-0.1, -0.05) is 67.6 Å². The van der Waals surface area contributed by atoms with E-state index in [-0.39, 0.29) is 24.1 Å². The normalized spacial score (nSPS) is 16.9. The highest BCUT2D eigenvalue weighted by molar-refractivity contribution is 5.88. The van der Waals surface area contributed by atoms with Crippen LogP contribution in [0.5, 0.6) is 11.5 Å². The van der Waals surface area contributed by atoms with Gasteiger partial charge in [-0.15, -0.1) is 0 Å². The Balaban J connectivity index is 1.00. The van der Waals surface area contributed by atoms with E-state index in [9.17, 15) is 22.8 Å². The summed E-state index contributed by atoms with van der Waals surface area (Å²) in [6.45, 7) is 7.19. The van der Waals surface area contributed by atoms with E-state index in [2.05, 4.69) is 22.4 Å². The number of methoxy groups -OCH3 is 1. The highest BCUT2D eigenvalue weighted by atomic mass is 19.2. The number of carbonyl (C=O) groups excluding carboxylic acids is 2. The number of ether oxygens (including phenoxy) is 3. The molecule has 3 heterocycles. The number of benzene rings is 5. The van der Waals surface area contributed by atoms with Crippen molar-refractivity contribution in [2.24, 2.45) is 0 Å². The summed E-state index contributed by atoms with van der Waals surface area (Å²) in [6, 6.07) is 30.7. The second-order valence-electron chi connectivity index (χ2n) is 16.8. The monoisotopic (exact) mass is 867 g/mol. The number of amides is 1. The molecule has 11 heteroatoms. The van der Waals surface area contributed by atoms with Gasteiger partial charge in [0.1, 0.15) is 29.5 Å². The van der Waals surface area contributed by atoms with E-state index < -0.39 is 35.8 Å². The Morgan fingerprint density at radius 1 is 0.859 bits per heavy atom. The molecule has 0 aliphatic carbocycles. The lowest BCUT2D eigenvalue weighted by Gasteiger charge is -2.37. The molecule has 0 saturated carbocycles. The Kier molecular flexibility index (Phi) is 13.5. The number of hydrogen-bond acceptors (Lipinski definition) is 7. The van der Waals surface area contributed by atoms with Crippen LogP contribution in [0.2, 0.25) is 0 Å². The molecule has 330 valence electrons. The maximum atomic E-state index is 14.5. The van der Waals surface area contributed by atoms with Crippen molar-refractivity contribution in [2.45, 2.75) is 90.1 Å². The van der Waals surface area contributed by atoms with Gasteiger partial charge >= 0.3 is 5.97 Å². The Labute approximate surface area is 372 Å². The Morgan fingerprint density at radius 2 is 1.66 bits per heavy atom. The van der Waals surface area contributed by atoms with Crippen LogP contribution < -0.4 is 14.8 Å². The lowest BCUT2D eigenvalue weighted by Crippen LogP contribution is -2.54. The number of halogens is 3. The van der Waals surface area contributed by atoms with Crippen molar-refractivity contribution in [1.29, 1.82) is 0 Å². The summed E-state index contributed by atoms with van der Waals surface area (Å²) < 4.78 is 59.8. The predicted octanol–water partition coefficient (Wildman–Crippen LogP) is 10.2. The molecular formula is C53H52F3N3O5. The van der Waals surface area contributed by atoms with Crippen molar-refractivity contribution < 1.29 is 37.0 Å². The number of nitrogens with one attached hydrogen (secondary N) is 1. The van der Waals surface area contributed by atoms with Crippen LogP contribution in [0.1, 0.15) is 82.0 Å². The molecule has 0 spiro atoms. The maximum absolute atomic E-state index is 14.5. The third-order valence-corrected chi connectivity index (χ3v) is 12.7. The third-order valence-electron chi connectivity index (χ3n) is 12.7. The number of aromatic nitrogens is 1. The van der Waals surface area contributed by atoms with E-state index in [1.165, 1.54) is 25.3 Å². The first-order chi connectivity index (χ1) is 31.0. The van der Waals surface area contributed by atoms with Crippen LogP contribution in [0, 0.1) is 31.3 Å². The van der Waals surface area contributed by atoms with Crippen LogP contribution in [-0.2, 0) is 46.7 Å². The quantitative estimate of drug-likeness (QED) is 0.116. The standard InChI is InChI=1S/C53H52F3N3O5/c1-5-50(39-15-18-46(55)47(56)27-39)64-44-16-13-36(14-17-44)38-20-22-63-51-29-40-28-49(59(31-42(40)26-41(51)25-38)30-35-7-6-8-43(54)23-35)52(60)58-48(53(61)62-4)24-34-9-11-37(12-10-34)45-19-21-57-33(3)32(45)2/h6-19,21,23,26-27,29,38,48-50H,5,20,22,24-25,28,30-31H2,1-4H3,(H,58,60)/t38-,48+,49+,50-/m1/s1. The number of rotatable bonds is 13. The molecule has 8 nitrogen and oxygen atoms in total. The topological polar surface area (TPSA) is 90.0 Å². The number of fused-ring (bicyclic) bond motifs is 2. The average molecular weight is 868 g/mol. The Morgan fingerprint density at radius 3 is 2.39 bits per heavy atom. The van der Waals surface area contributed by atoms with Gasteiger partial charge in [0.25, 0.3) is 0 Å². The molecule has 8 rings (SSSR count). The van der Waals surface area contributed by atoms with E-state index in [0.717, 1.165) is 80.4 Å². The molecule has 5 aromatic carbocycles. The van der Waals surface area contributed by atoms with Crippen LogP contribution in [-0.4, -0.2) is 47.6 Å². The van der Waals surface area contributed by atoms with Crippen molar-refractivity contribution in [3.63, 3.8) is 0 Å². The summed E-state index contributed by atoms with van der Waals surface area (Å²) >= 11 is 0. The molecule has 0 saturated heterocycles. The van der Waals surface area contributed by atoms with Crippen LogP contribution in [0.25, 0.3) is 11.1 Å². The summed E-state index contributed by atoms with van der Waals surface area (Å²) in [7, 11) is 1.32. The van der Waals surface area contributed by atoms with E-state index >= 15 is 0 Å². The largest absolute Gasteiger partial charge is 0.493 e. The fourth-order valence-electron chi connectivity index (χ4n) is 8.97. The van der Waals surface area contributed by atoms with Gasteiger partial charge in [0.05, 0.1) is 19.8 Å². The van der Waals surface area contributed by atoms with Gasteiger partial charge in [0, 0.05) is 31.4 Å². The minimum Gasteiger partial charge on any atom is -0.493 e. The number of esters is 1. The lowest BCUT2D eigenvalue weighted by atomic mass is 9.86. The van der Waals surface area contributed by atoms with Gasteiger partial charge in [-0.2, -0.15) is 0 Å². The molecule has 1 aromatic heterocycles. The molecule has 2 aliphatic rings. The molecule has 0 unspecified atom stereocenters. The summed E-state index contributed by atoms with van der Waals surface area (Å²) in [4.78, 5) is 34.1. The molecule has 4 atom stereocenters. The minimum absolute atomic E-state index is 0.155. The lowest BCUT2D eigenvalue weighted by molar-refractivity contribution is -0.145. The first-order valence-corrected chi connectivity index (χ1v) is 21.8. The van der Waals surface area contributed by atoms with Crippen molar-refractivity contribution in [1.82, 2.24) is 15.2 Å². The number of nitrogens with zero attached hydrogens (tertiary/aromatic N) is 2. The Hall–Kier alpha value is -6.46. The fourth-order valence-corrected chi connectivity index (χ4v) is 8.97. The van der Waals surface area contributed by atoms with Crippen molar-refractivity contribution >= 4 is 11.9 Å². The SMILES string of the molecule is CC[C@@H](Oc1ccc([C@@H]2CCOc3cc4c(cc3C2)CN(Cc2cccc(F)c2)[C@H](C(=O)N[C@@H](Cc2ccc(-c3ccnc(C)c3C)cc2)C(=O)OC)C4)cc1)c1ccc(F)c(F)c1. The average Bonchev–Trinajstić information content (AvgIpc) is 3.51. The van der Waals surface area contributed by atoms with Gasteiger partial charge in [-0.25, -0.2) is 18.0 Å². The van der Waals surface area contributed by atoms with Gasteiger partial charge < -0.3 is 19.5 Å². The van der Waals surface area contributed by atoms with E-state index in [1.807, 2.05) is 86.3 Å². The van der Waals surface area contributed by atoms with E-state index in [0.29, 0.717) is 43.9 Å². The van der Waals surface area contributed by atoms with Gasteiger partial charge in [0.2, 0.25) is 5.91 Å². The molecular weight excluding hydrogens is 816 g/mol. The van der Waals surface area contributed by atoms with Gasteiger partial charge in [0.15, 0.2) is 11.6 Å². The van der Waals surface area contributed by atoms with Crippen molar-refractivity contribution in [2.75, 3.05) is 13.7 Å². The van der Waals surface area contributed by atoms with Crippen LogP contribution in [0.3, 0.4) is 0 Å². The molecule has 64 heavy (non-hydrogen) atoms. The number of carbonyl (C=O) groups is 2. The third kappa shape index (κ3) is 10.00. The van der Waals surface area contributed by atoms with E-state index in [1.54, 1.807) is 18.3 Å². The summed E-state index contributed by atoms with van der Waals surface area (Å²) in [5.74, 6) is -1.45. The highest BCUT2D eigenvalue weighted by Crippen LogP contribution is 2.38. The summed E-state index contributed by atoms with van der Waals surface area (Å²) in [5.41, 5.74) is 10.6. The second-order valence-corrected chi connectivity index (χ2v) is 16.8. The van der Waals surface area contributed by atoms with Crippen LogP contribution >= 0.6 is 0 Å². The minimum atomic E-state index is -0.939. The van der Waals surface area contributed by atoms with Crippen LogP contribution in [0.4, 0.5) is 13.2 Å². The molecule has 1 N–H and O–H groups in total. The smallest absolute Gasteiger partial charge is 0.328 e. The summed E-state index contributed by atoms with van der Waals surface area (Å²) in [6.07, 6.45) is 4.04. The molecule has 6 aromatic rings. The Bertz CT molecular complexity index is 2640. The first kappa shape index (κ1) is 44.2. The fraction of sp³-hybridized carbons (Fsp3) is 0.302. The van der Waals surface area contributed by atoms with Gasteiger partial charge in [-0.3, -0.25) is 14.7 Å². The molecule has 2 aliphatic heterocycles. The molecule has 1 amide bonds. The number of pyridine rings is 1. The number of hydrogen-bond donors (Lipinski definition) is 1.